The number of methoxy groups -OCH3 is 2. The van der Waals surface area contributed by atoms with E-state index in [4.69, 9.17) is 14.2 Å². The zero-order valence-corrected chi connectivity index (χ0v) is 18.0. The minimum atomic E-state index is 0.194. The molecule has 1 unspecified atom stereocenters. The molecule has 1 saturated heterocycles. The Kier molecular flexibility index (Phi) is 9.37. The lowest BCUT2D eigenvalue weighted by atomic mass is 10.0. The molecule has 0 spiro atoms. The van der Waals surface area contributed by atoms with Crippen molar-refractivity contribution >= 4 is 5.96 Å². The van der Waals surface area contributed by atoms with E-state index in [-0.39, 0.29) is 6.04 Å². The number of nitrogens with zero attached hydrogens (tertiary/aromatic N) is 3. The molecule has 1 heterocycles. The van der Waals surface area contributed by atoms with Gasteiger partial charge in [0, 0.05) is 40.3 Å². The third kappa shape index (κ3) is 6.01. The van der Waals surface area contributed by atoms with Crippen molar-refractivity contribution in [3.05, 3.63) is 23.8 Å². The molecule has 0 amide bonds. The summed E-state index contributed by atoms with van der Waals surface area (Å²) in [6.07, 6.45) is 2.32. The van der Waals surface area contributed by atoms with Crippen molar-refractivity contribution < 1.29 is 14.2 Å². The van der Waals surface area contributed by atoms with E-state index in [0.29, 0.717) is 0 Å². The molecule has 0 radical (unpaired) electrons. The third-order valence-electron chi connectivity index (χ3n) is 5.15. The van der Waals surface area contributed by atoms with Crippen LogP contribution in [0.4, 0.5) is 0 Å². The molecule has 1 atom stereocenters. The summed E-state index contributed by atoms with van der Waals surface area (Å²) in [5.41, 5.74) is 1.19. The monoisotopic (exact) mass is 392 g/mol. The van der Waals surface area contributed by atoms with E-state index in [1.54, 1.807) is 14.2 Å². The van der Waals surface area contributed by atoms with Crippen LogP contribution in [0.25, 0.3) is 0 Å². The van der Waals surface area contributed by atoms with E-state index in [0.717, 1.165) is 63.3 Å². The molecule has 0 aromatic heterocycles. The quantitative estimate of drug-likeness (QED) is 0.514. The largest absolute Gasteiger partial charge is 0.493 e. The van der Waals surface area contributed by atoms with Crippen molar-refractivity contribution in [2.24, 2.45) is 4.99 Å². The maximum Gasteiger partial charge on any atom is 0.193 e. The fourth-order valence-electron chi connectivity index (χ4n) is 3.48. The van der Waals surface area contributed by atoms with E-state index in [2.05, 4.69) is 46.2 Å². The Bertz CT molecular complexity index is 618. The Labute approximate surface area is 169 Å². The maximum absolute atomic E-state index is 5.56. The molecule has 1 N–H and O–H groups in total. The average molecular weight is 393 g/mol. The van der Waals surface area contributed by atoms with Gasteiger partial charge in [0.25, 0.3) is 0 Å². The van der Waals surface area contributed by atoms with Gasteiger partial charge >= 0.3 is 0 Å². The molecule has 0 aliphatic carbocycles. The lowest BCUT2D eigenvalue weighted by Crippen LogP contribution is -2.46. The zero-order valence-electron chi connectivity index (χ0n) is 18.0. The molecule has 0 bridgehead atoms. The van der Waals surface area contributed by atoms with Crippen molar-refractivity contribution in [1.82, 2.24) is 15.1 Å². The van der Waals surface area contributed by atoms with Gasteiger partial charge in [0.15, 0.2) is 17.5 Å². The van der Waals surface area contributed by atoms with Crippen LogP contribution in [-0.2, 0) is 4.74 Å². The van der Waals surface area contributed by atoms with Crippen LogP contribution in [0.1, 0.15) is 31.4 Å². The van der Waals surface area contributed by atoms with Crippen LogP contribution < -0.4 is 14.8 Å². The lowest BCUT2D eigenvalue weighted by Gasteiger charge is -2.36. The van der Waals surface area contributed by atoms with Gasteiger partial charge in [-0.25, -0.2) is 0 Å². The number of nitrogens with one attached hydrogen (secondary N) is 1. The minimum absolute atomic E-state index is 0.194. The first-order valence-electron chi connectivity index (χ1n) is 10.1. The van der Waals surface area contributed by atoms with Crippen molar-refractivity contribution in [3.63, 3.8) is 0 Å². The van der Waals surface area contributed by atoms with Gasteiger partial charge in [-0.15, -0.1) is 0 Å². The summed E-state index contributed by atoms with van der Waals surface area (Å²) in [5.74, 6) is 2.42. The zero-order chi connectivity index (χ0) is 20.4. The first kappa shape index (κ1) is 22.3. The molecule has 1 fully saturated rings. The molecule has 158 valence electrons. The predicted octanol–water partition coefficient (Wildman–Crippen LogP) is 2.38. The third-order valence-corrected chi connectivity index (χ3v) is 5.15. The van der Waals surface area contributed by atoms with Gasteiger partial charge in [-0.2, -0.15) is 0 Å². The van der Waals surface area contributed by atoms with Crippen molar-refractivity contribution in [2.45, 2.75) is 25.8 Å². The topological polar surface area (TPSA) is 58.6 Å². The molecule has 1 aromatic rings. The Morgan fingerprint density at radius 1 is 1.25 bits per heavy atom. The number of aliphatic imine (C=N–C) groups is 1. The second kappa shape index (κ2) is 11.8. The van der Waals surface area contributed by atoms with Gasteiger partial charge in [-0.3, -0.25) is 9.89 Å². The van der Waals surface area contributed by atoms with Gasteiger partial charge in [-0.1, -0.05) is 19.4 Å². The van der Waals surface area contributed by atoms with E-state index >= 15 is 0 Å². The molecule has 2 rings (SSSR count). The maximum atomic E-state index is 5.56. The van der Waals surface area contributed by atoms with Crippen molar-refractivity contribution in [2.75, 3.05) is 67.7 Å². The Morgan fingerprint density at radius 3 is 2.57 bits per heavy atom. The fraction of sp³-hybridized carbons (Fsp3) is 0.667. The summed E-state index contributed by atoms with van der Waals surface area (Å²) < 4.78 is 16.5. The highest BCUT2D eigenvalue weighted by Crippen LogP contribution is 2.32. The van der Waals surface area contributed by atoms with E-state index in [9.17, 15) is 0 Å². The first-order chi connectivity index (χ1) is 13.6. The number of morpholine rings is 1. The van der Waals surface area contributed by atoms with Gasteiger partial charge in [-0.05, 0) is 24.1 Å². The number of rotatable bonds is 9. The summed E-state index contributed by atoms with van der Waals surface area (Å²) in [6.45, 7) is 7.29. The molecule has 7 heteroatoms. The molecule has 1 aromatic carbocycles. The highest BCUT2D eigenvalue weighted by Gasteiger charge is 2.24. The van der Waals surface area contributed by atoms with Gasteiger partial charge in [0.05, 0.1) is 33.5 Å². The summed E-state index contributed by atoms with van der Waals surface area (Å²) in [6, 6.07) is 6.36. The normalized spacial score (nSPS) is 16.5. The Morgan fingerprint density at radius 2 is 1.96 bits per heavy atom. The van der Waals surface area contributed by atoms with Crippen LogP contribution in [0.5, 0.6) is 11.5 Å². The molecular weight excluding hydrogens is 356 g/mol. The van der Waals surface area contributed by atoms with Crippen molar-refractivity contribution in [3.8, 4) is 11.5 Å². The first-order valence-corrected chi connectivity index (χ1v) is 10.1. The molecule has 1 aliphatic heterocycles. The lowest BCUT2D eigenvalue weighted by molar-refractivity contribution is 0.0168. The molecular formula is C21H36N4O3. The van der Waals surface area contributed by atoms with Crippen LogP contribution in [0.3, 0.4) is 0 Å². The second-order valence-corrected chi connectivity index (χ2v) is 6.98. The standard InChI is InChI=1S/C21H36N4O3/c1-6-7-10-24(3)21(22-2)23-16-18(25-11-13-28-14-12-25)17-8-9-19(26-4)20(15-17)27-5/h8-9,15,18H,6-7,10-14,16H2,1-5H3,(H,22,23). The SMILES string of the molecule is CCCCN(C)C(=NC)NCC(c1ccc(OC)c(OC)c1)N1CCOCC1. The molecule has 1 aliphatic rings. The smallest absolute Gasteiger partial charge is 0.193 e. The Hall–Kier alpha value is -1.99. The van der Waals surface area contributed by atoms with E-state index < -0.39 is 0 Å². The van der Waals surface area contributed by atoms with E-state index in [1.807, 2.05) is 13.1 Å². The van der Waals surface area contributed by atoms with Crippen LogP contribution in [-0.4, -0.2) is 83.5 Å². The predicted molar refractivity (Wildman–Crippen MR) is 114 cm³/mol. The minimum Gasteiger partial charge on any atom is -0.493 e. The number of unbranched alkanes of at least 4 members (excludes halogenated alkanes) is 1. The number of guanidine groups is 1. The summed E-state index contributed by atoms with van der Waals surface area (Å²) >= 11 is 0. The van der Waals surface area contributed by atoms with Gasteiger partial charge in [0.1, 0.15) is 0 Å². The second-order valence-electron chi connectivity index (χ2n) is 6.98. The number of hydrogen-bond acceptors (Lipinski definition) is 5. The highest BCUT2D eigenvalue weighted by atomic mass is 16.5. The molecule has 0 saturated carbocycles. The van der Waals surface area contributed by atoms with Crippen LogP contribution in [0, 0.1) is 0 Å². The number of hydrogen-bond donors (Lipinski definition) is 1. The van der Waals surface area contributed by atoms with Crippen LogP contribution >= 0.6 is 0 Å². The number of benzene rings is 1. The molecule has 7 nitrogen and oxygen atoms in total. The summed E-state index contributed by atoms with van der Waals surface area (Å²) in [4.78, 5) is 9.10. The van der Waals surface area contributed by atoms with E-state index in [1.165, 1.54) is 12.0 Å². The fourth-order valence-corrected chi connectivity index (χ4v) is 3.48. The average Bonchev–Trinajstić information content (AvgIpc) is 2.75. The van der Waals surface area contributed by atoms with Gasteiger partial charge < -0.3 is 24.4 Å². The summed E-state index contributed by atoms with van der Waals surface area (Å²) in [5, 5.41) is 3.56. The highest BCUT2D eigenvalue weighted by molar-refractivity contribution is 5.79. The number of ether oxygens (including phenoxy) is 3. The van der Waals surface area contributed by atoms with Gasteiger partial charge in [0.2, 0.25) is 0 Å². The van der Waals surface area contributed by atoms with Crippen LogP contribution in [0.2, 0.25) is 0 Å². The van der Waals surface area contributed by atoms with Crippen LogP contribution in [0.15, 0.2) is 23.2 Å². The Balaban J connectivity index is 2.18. The van der Waals surface area contributed by atoms with Crippen molar-refractivity contribution in [1.29, 1.82) is 0 Å². The molecule has 28 heavy (non-hydrogen) atoms. The summed E-state index contributed by atoms with van der Waals surface area (Å²) in [7, 11) is 7.26.